The molecular formula is C26H32Si. The van der Waals surface area contributed by atoms with Crippen LogP contribution in [0, 0.1) is 27.7 Å². The number of rotatable bonds is 2. The Morgan fingerprint density at radius 3 is 1.33 bits per heavy atom. The zero-order valence-corrected chi connectivity index (χ0v) is 19.1. The number of allylic oxidation sites excluding steroid dienone is 2. The molecule has 0 N–H and O–H groups in total. The molecule has 0 nitrogen and oxygen atoms in total. The molecule has 0 fully saturated rings. The van der Waals surface area contributed by atoms with Crippen LogP contribution in [0.3, 0.4) is 0 Å². The minimum atomic E-state index is -1.68. The monoisotopic (exact) mass is 372 g/mol. The van der Waals surface area contributed by atoms with Gasteiger partial charge in [0.15, 0.2) is 0 Å². The van der Waals surface area contributed by atoms with Crippen LogP contribution in [0.25, 0.3) is 12.2 Å². The summed E-state index contributed by atoms with van der Waals surface area (Å²) >= 11 is 0. The molecule has 1 heteroatoms. The first-order chi connectivity index (χ1) is 12.6. The predicted molar refractivity (Wildman–Crippen MR) is 122 cm³/mol. The van der Waals surface area contributed by atoms with Crippen LogP contribution < -0.4 is 0 Å². The van der Waals surface area contributed by atoms with Crippen molar-refractivity contribution < 1.29 is 0 Å². The molecule has 2 atom stereocenters. The van der Waals surface area contributed by atoms with Gasteiger partial charge in [-0.3, -0.25) is 0 Å². The first-order valence-electron chi connectivity index (χ1n) is 10.2. The minimum absolute atomic E-state index is 0.604. The fourth-order valence-corrected chi connectivity index (χ4v) is 10.8. The fraction of sp³-hybridized carbons (Fsp3) is 0.385. The van der Waals surface area contributed by atoms with Gasteiger partial charge in [0.1, 0.15) is 0 Å². The van der Waals surface area contributed by atoms with Crippen molar-refractivity contribution in [2.75, 3.05) is 0 Å². The molecule has 0 amide bonds. The minimum Gasteiger partial charge on any atom is -0.0679 e. The molecule has 0 radical (unpaired) electrons. The van der Waals surface area contributed by atoms with E-state index in [9.17, 15) is 0 Å². The molecule has 0 saturated heterocycles. The van der Waals surface area contributed by atoms with E-state index >= 15 is 0 Å². The van der Waals surface area contributed by atoms with Gasteiger partial charge in [0.25, 0.3) is 0 Å². The maximum absolute atomic E-state index is 2.62. The van der Waals surface area contributed by atoms with Crippen molar-refractivity contribution in [1.82, 2.24) is 0 Å². The third-order valence-electron chi connectivity index (χ3n) is 7.40. The van der Waals surface area contributed by atoms with Crippen molar-refractivity contribution in [2.45, 2.75) is 65.7 Å². The third-order valence-corrected chi connectivity index (χ3v) is 11.9. The number of fused-ring (bicyclic) bond motifs is 2. The molecule has 27 heavy (non-hydrogen) atoms. The SMILES string of the molecule is CC1=Cc2c(ccc(C)c2C)C1[Si](C)(C)C1C(C)=Cc2c1ccc(C)c2C. The standard InChI is InChI=1S/C26H32Si/c1-15-9-11-21-23(19(15)5)13-17(3)25(21)27(7,8)26-18(4)14-24-20(6)16(2)10-12-22(24)26/h9-14,25-26H,1-8H3. The van der Waals surface area contributed by atoms with Crippen molar-refractivity contribution in [3.05, 3.63) is 79.9 Å². The molecule has 0 saturated carbocycles. The Kier molecular flexibility index (Phi) is 4.16. The zero-order valence-electron chi connectivity index (χ0n) is 18.1. The summed E-state index contributed by atoms with van der Waals surface area (Å²) in [7, 11) is -1.68. The van der Waals surface area contributed by atoms with E-state index in [0.29, 0.717) is 11.1 Å². The second-order valence-corrected chi connectivity index (χ2v) is 14.3. The molecular weight excluding hydrogens is 340 g/mol. The van der Waals surface area contributed by atoms with Crippen LogP contribution in [0.15, 0.2) is 35.4 Å². The molecule has 2 aromatic rings. The van der Waals surface area contributed by atoms with Gasteiger partial charge in [-0.25, -0.2) is 0 Å². The van der Waals surface area contributed by atoms with Gasteiger partial charge in [0, 0.05) is 11.1 Å². The molecule has 140 valence electrons. The Hall–Kier alpha value is -1.86. The number of aryl methyl sites for hydroxylation is 2. The van der Waals surface area contributed by atoms with Gasteiger partial charge in [0.2, 0.25) is 0 Å². The van der Waals surface area contributed by atoms with E-state index in [1.54, 1.807) is 22.3 Å². The predicted octanol–water partition coefficient (Wildman–Crippen LogP) is 7.41. The Labute approximate surface area is 166 Å². The van der Waals surface area contributed by atoms with Gasteiger partial charge in [-0.05, 0) is 86.1 Å². The summed E-state index contributed by atoms with van der Waals surface area (Å²) < 4.78 is 0. The topological polar surface area (TPSA) is 0 Å². The van der Waals surface area contributed by atoms with E-state index in [2.05, 4.69) is 91.1 Å². The smallest absolute Gasteiger partial charge is 0.0679 e. The van der Waals surface area contributed by atoms with Crippen LogP contribution in [0.4, 0.5) is 0 Å². The normalized spacial score (nSPS) is 21.0. The second-order valence-electron chi connectivity index (χ2n) is 9.48. The molecule has 2 aliphatic carbocycles. The highest BCUT2D eigenvalue weighted by atomic mass is 28.3. The van der Waals surface area contributed by atoms with E-state index in [0.717, 1.165) is 0 Å². The highest BCUT2D eigenvalue weighted by Gasteiger charge is 2.47. The summed E-state index contributed by atoms with van der Waals surface area (Å²) in [6, 6.07) is 9.49. The average molecular weight is 373 g/mol. The highest BCUT2D eigenvalue weighted by molar-refractivity contribution is 6.81. The van der Waals surface area contributed by atoms with Gasteiger partial charge in [-0.15, -0.1) is 0 Å². The first-order valence-corrected chi connectivity index (χ1v) is 13.4. The molecule has 2 unspecified atom stereocenters. The van der Waals surface area contributed by atoms with Crippen molar-refractivity contribution in [2.24, 2.45) is 0 Å². The lowest BCUT2D eigenvalue weighted by Crippen LogP contribution is -2.42. The molecule has 4 rings (SSSR count). The van der Waals surface area contributed by atoms with Gasteiger partial charge in [0.05, 0.1) is 8.07 Å². The van der Waals surface area contributed by atoms with Crippen LogP contribution in [-0.2, 0) is 0 Å². The van der Waals surface area contributed by atoms with Gasteiger partial charge < -0.3 is 0 Å². The number of hydrogen-bond donors (Lipinski definition) is 0. The Bertz CT molecular complexity index is 935. The summed E-state index contributed by atoms with van der Waals surface area (Å²) in [4.78, 5) is 0. The zero-order chi connectivity index (χ0) is 19.7. The van der Waals surface area contributed by atoms with Crippen LogP contribution in [0.1, 0.15) is 69.4 Å². The summed E-state index contributed by atoms with van der Waals surface area (Å²) in [6.45, 7) is 19.0. The van der Waals surface area contributed by atoms with Crippen molar-refractivity contribution in [1.29, 1.82) is 0 Å². The quantitative estimate of drug-likeness (QED) is 0.481. The van der Waals surface area contributed by atoms with Gasteiger partial charge in [-0.1, -0.05) is 60.7 Å². The molecule has 0 bridgehead atoms. The van der Waals surface area contributed by atoms with Crippen molar-refractivity contribution >= 4 is 20.2 Å². The number of hydrogen-bond acceptors (Lipinski definition) is 0. The molecule has 2 aliphatic rings. The molecule has 0 spiro atoms. The Morgan fingerprint density at radius 2 is 0.963 bits per heavy atom. The third kappa shape index (κ3) is 2.55. The average Bonchev–Trinajstić information content (AvgIpc) is 3.12. The Balaban J connectivity index is 1.86. The van der Waals surface area contributed by atoms with Gasteiger partial charge in [-0.2, -0.15) is 0 Å². The van der Waals surface area contributed by atoms with Crippen molar-refractivity contribution in [3.63, 3.8) is 0 Å². The van der Waals surface area contributed by atoms with E-state index < -0.39 is 8.07 Å². The summed E-state index contributed by atoms with van der Waals surface area (Å²) in [5.74, 6) is 0. The summed E-state index contributed by atoms with van der Waals surface area (Å²) in [6.07, 6.45) is 4.96. The van der Waals surface area contributed by atoms with Gasteiger partial charge >= 0.3 is 0 Å². The molecule has 2 aromatic carbocycles. The Morgan fingerprint density at radius 1 is 0.593 bits per heavy atom. The number of benzene rings is 2. The summed E-state index contributed by atoms with van der Waals surface area (Å²) in [5, 5.41) is 0. The van der Waals surface area contributed by atoms with E-state index in [1.807, 2.05) is 0 Å². The van der Waals surface area contributed by atoms with Crippen LogP contribution >= 0.6 is 0 Å². The van der Waals surface area contributed by atoms with Crippen molar-refractivity contribution in [3.8, 4) is 0 Å². The van der Waals surface area contributed by atoms with Crippen LogP contribution in [0.5, 0.6) is 0 Å². The highest BCUT2D eigenvalue weighted by Crippen LogP contribution is 2.53. The lowest BCUT2D eigenvalue weighted by Gasteiger charge is -2.39. The first kappa shape index (κ1) is 18.5. The fourth-order valence-electron chi connectivity index (χ4n) is 5.86. The van der Waals surface area contributed by atoms with Crippen LogP contribution in [0.2, 0.25) is 13.1 Å². The van der Waals surface area contributed by atoms with E-state index in [1.165, 1.54) is 33.4 Å². The lowest BCUT2D eigenvalue weighted by molar-refractivity contribution is 0.965. The lowest BCUT2D eigenvalue weighted by atomic mass is 9.99. The largest absolute Gasteiger partial charge is 0.0722 e. The summed E-state index contributed by atoms with van der Waals surface area (Å²) in [5.41, 5.74) is 16.2. The molecule has 0 aliphatic heterocycles. The maximum atomic E-state index is 2.62. The maximum Gasteiger partial charge on any atom is 0.0722 e. The molecule has 0 aromatic heterocycles. The second kappa shape index (κ2) is 6.07. The van der Waals surface area contributed by atoms with E-state index in [-0.39, 0.29) is 0 Å². The van der Waals surface area contributed by atoms with Crippen LogP contribution in [-0.4, -0.2) is 8.07 Å². The van der Waals surface area contributed by atoms with E-state index in [4.69, 9.17) is 0 Å². The molecule has 0 heterocycles.